The number of hydrogen-bond donors (Lipinski definition) is 9. The van der Waals surface area contributed by atoms with Crippen LogP contribution in [-0.4, -0.2) is 103 Å². The molecule has 0 saturated heterocycles. The van der Waals surface area contributed by atoms with Gasteiger partial charge in [0.1, 0.15) is 12.2 Å². The normalized spacial score (nSPS) is 11.1. The Morgan fingerprint density at radius 3 is 1.05 bits per heavy atom. The fraction of sp³-hybridized carbons (Fsp3) is 0.800. The molecule has 0 fully saturated rings. The molecule has 128 valence electrons. The van der Waals surface area contributed by atoms with Gasteiger partial charge in [-0.3, -0.25) is 4.79 Å². The number of carbonyl (C=O) groups is 2. The molecule has 9 N–H and O–H groups in total. The monoisotopic (exact) mass is 318 g/mol. The van der Waals surface area contributed by atoms with Crippen LogP contribution >= 0.6 is 0 Å². The molecule has 0 aliphatic heterocycles. The molecule has 21 heavy (non-hydrogen) atoms. The van der Waals surface area contributed by atoms with Crippen molar-refractivity contribution in [2.24, 2.45) is 0 Å². The molecular formula is C10H22O11. The summed E-state index contributed by atoms with van der Waals surface area (Å²) in [6.45, 7) is -1.46. The molecule has 0 heterocycles. The van der Waals surface area contributed by atoms with Crippen LogP contribution in [-0.2, 0) is 9.59 Å². The van der Waals surface area contributed by atoms with E-state index < -0.39 is 36.7 Å². The fourth-order valence-corrected chi connectivity index (χ4v) is 0.368. The Balaban J connectivity index is -0.000000240. The van der Waals surface area contributed by atoms with Crippen molar-refractivity contribution in [2.45, 2.75) is 24.7 Å². The summed E-state index contributed by atoms with van der Waals surface area (Å²) < 4.78 is 0. The number of aliphatic hydroxyl groups excluding tert-OH is 7. The number of aliphatic carboxylic acids is 2. The van der Waals surface area contributed by atoms with Crippen molar-refractivity contribution in [1.29, 1.82) is 0 Å². The van der Waals surface area contributed by atoms with Crippen LogP contribution in [0.3, 0.4) is 0 Å². The summed E-state index contributed by atoms with van der Waals surface area (Å²) in [4.78, 5) is 19.4. The van der Waals surface area contributed by atoms with Crippen LogP contribution in [0.4, 0.5) is 0 Å². The lowest BCUT2D eigenvalue weighted by Crippen LogP contribution is -2.22. The lowest BCUT2D eigenvalue weighted by molar-refractivity contribution is -0.152. The molecule has 0 saturated carbocycles. The van der Waals surface area contributed by atoms with Gasteiger partial charge in [-0.25, -0.2) is 4.79 Å². The molecule has 11 nitrogen and oxygen atoms in total. The molecule has 1 unspecified atom stereocenters. The largest absolute Gasteiger partial charge is 0.481 e. The number of carboxylic acids is 2. The maximum Gasteiger partial charge on any atom is 0.333 e. The van der Waals surface area contributed by atoms with Gasteiger partial charge in [0.05, 0.1) is 32.8 Å². The van der Waals surface area contributed by atoms with Gasteiger partial charge in [0, 0.05) is 0 Å². The minimum Gasteiger partial charge on any atom is -0.481 e. The van der Waals surface area contributed by atoms with Gasteiger partial charge >= 0.3 is 11.9 Å². The summed E-state index contributed by atoms with van der Waals surface area (Å²) in [7, 11) is 0. The molecule has 0 bridgehead atoms. The number of aliphatic hydroxyl groups is 7. The Hall–Kier alpha value is -1.34. The van der Waals surface area contributed by atoms with Crippen LogP contribution in [0.1, 0.15) is 6.42 Å². The second-order valence-corrected chi connectivity index (χ2v) is 3.49. The summed E-state index contributed by atoms with van der Waals surface area (Å²) in [5.74, 6) is -2.85. The molecule has 0 aliphatic rings. The smallest absolute Gasteiger partial charge is 0.333 e. The Morgan fingerprint density at radius 1 is 0.714 bits per heavy atom. The van der Waals surface area contributed by atoms with Crippen LogP contribution in [0, 0.1) is 0 Å². The van der Waals surface area contributed by atoms with Crippen molar-refractivity contribution in [1.82, 2.24) is 0 Å². The minimum atomic E-state index is -1.79. The first kappa shape index (κ1) is 24.7. The highest BCUT2D eigenvalue weighted by Gasteiger charge is 2.16. The minimum absolute atomic E-state index is 0.365. The van der Waals surface area contributed by atoms with Crippen LogP contribution in [0.2, 0.25) is 0 Å². The predicted octanol–water partition coefficient (Wildman–Crippen LogP) is -4.43. The van der Waals surface area contributed by atoms with Crippen molar-refractivity contribution < 1.29 is 55.5 Å². The molecule has 1 atom stereocenters. The van der Waals surface area contributed by atoms with Gasteiger partial charge in [-0.15, -0.1) is 0 Å². The first-order chi connectivity index (χ1) is 9.65. The SMILES string of the molecule is O=C(O)CC(O)C(=O)O.OCC(O)CO.OCC(O)CO. The van der Waals surface area contributed by atoms with E-state index in [4.69, 9.17) is 46.0 Å². The van der Waals surface area contributed by atoms with Gasteiger partial charge in [0.2, 0.25) is 0 Å². The van der Waals surface area contributed by atoms with Crippen LogP contribution in [0.25, 0.3) is 0 Å². The Bertz CT molecular complexity index is 239. The predicted molar refractivity (Wildman–Crippen MR) is 66.3 cm³/mol. The molecular weight excluding hydrogens is 296 g/mol. The third kappa shape index (κ3) is 24.1. The highest BCUT2D eigenvalue weighted by atomic mass is 16.4. The molecule has 0 spiro atoms. The third-order valence-corrected chi connectivity index (χ3v) is 1.50. The summed E-state index contributed by atoms with van der Waals surface area (Å²) in [6.07, 6.45) is -4.45. The van der Waals surface area contributed by atoms with Crippen molar-refractivity contribution in [3.63, 3.8) is 0 Å². The van der Waals surface area contributed by atoms with E-state index in [-0.39, 0.29) is 26.4 Å². The van der Waals surface area contributed by atoms with E-state index in [2.05, 4.69) is 0 Å². The molecule has 0 aromatic rings. The molecule has 0 amide bonds. The van der Waals surface area contributed by atoms with E-state index in [1.165, 1.54) is 0 Å². The summed E-state index contributed by atoms with van der Waals surface area (Å²) in [5.41, 5.74) is 0. The topological polar surface area (TPSA) is 216 Å². The average molecular weight is 318 g/mol. The van der Waals surface area contributed by atoms with Crippen LogP contribution in [0.15, 0.2) is 0 Å². The van der Waals surface area contributed by atoms with E-state index in [0.717, 1.165) is 0 Å². The Kier molecular flexibility index (Phi) is 19.6. The average Bonchev–Trinajstić information content (AvgIpc) is 2.45. The van der Waals surface area contributed by atoms with E-state index in [0.29, 0.717) is 0 Å². The number of rotatable bonds is 7. The number of hydrogen-bond acceptors (Lipinski definition) is 9. The third-order valence-electron chi connectivity index (χ3n) is 1.50. The molecule has 0 radical (unpaired) electrons. The van der Waals surface area contributed by atoms with Gasteiger partial charge in [-0.05, 0) is 0 Å². The molecule has 0 rings (SSSR count). The summed E-state index contributed by atoms with van der Waals surface area (Å²) in [5, 5.41) is 72.2. The van der Waals surface area contributed by atoms with Gasteiger partial charge in [0.25, 0.3) is 0 Å². The highest BCUT2D eigenvalue weighted by Crippen LogP contribution is 1.89. The van der Waals surface area contributed by atoms with Gasteiger partial charge < -0.3 is 46.0 Å². The standard InChI is InChI=1S/C4H6O5.2C3H8O3/c5-2(4(8)9)1-3(6)7;2*4-1-3(6)2-5/h2,5H,1H2,(H,6,7)(H,8,9);2*3-6H,1-2H2. The summed E-state index contributed by atoms with van der Waals surface area (Å²) in [6, 6.07) is 0. The van der Waals surface area contributed by atoms with Gasteiger partial charge in [-0.1, -0.05) is 0 Å². The Labute approximate surface area is 120 Å². The van der Waals surface area contributed by atoms with E-state index in [1.807, 2.05) is 0 Å². The van der Waals surface area contributed by atoms with Crippen molar-refractivity contribution in [3.05, 3.63) is 0 Å². The summed E-state index contributed by atoms with van der Waals surface area (Å²) >= 11 is 0. The molecule has 0 aromatic heterocycles. The van der Waals surface area contributed by atoms with Crippen LogP contribution < -0.4 is 0 Å². The first-order valence-corrected chi connectivity index (χ1v) is 5.58. The van der Waals surface area contributed by atoms with Crippen molar-refractivity contribution in [2.75, 3.05) is 26.4 Å². The maximum absolute atomic E-state index is 9.72. The molecule has 0 aliphatic carbocycles. The quantitative estimate of drug-likeness (QED) is 0.218. The van der Waals surface area contributed by atoms with Gasteiger partial charge in [0.15, 0.2) is 6.10 Å². The molecule has 11 heteroatoms. The lowest BCUT2D eigenvalue weighted by atomic mass is 10.3. The second kappa shape index (κ2) is 16.7. The van der Waals surface area contributed by atoms with E-state index >= 15 is 0 Å². The maximum atomic E-state index is 9.72. The van der Waals surface area contributed by atoms with E-state index in [1.54, 1.807) is 0 Å². The van der Waals surface area contributed by atoms with Crippen molar-refractivity contribution >= 4 is 11.9 Å². The first-order valence-electron chi connectivity index (χ1n) is 5.58. The fourth-order valence-electron chi connectivity index (χ4n) is 0.368. The van der Waals surface area contributed by atoms with Crippen molar-refractivity contribution in [3.8, 4) is 0 Å². The zero-order valence-corrected chi connectivity index (χ0v) is 11.1. The number of carboxylic acid groups (broad SMARTS) is 2. The molecule has 0 aromatic carbocycles. The second-order valence-electron chi connectivity index (χ2n) is 3.49. The lowest BCUT2D eigenvalue weighted by Gasteiger charge is -1.97. The zero-order valence-electron chi connectivity index (χ0n) is 11.1. The van der Waals surface area contributed by atoms with Gasteiger partial charge in [-0.2, -0.15) is 0 Å². The van der Waals surface area contributed by atoms with Crippen LogP contribution in [0.5, 0.6) is 0 Å². The zero-order chi connectivity index (χ0) is 17.4. The Morgan fingerprint density at radius 2 is 1.00 bits per heavy atom. The van der Waals surface area contributed by atoms with E-state index in [9.17, 15) is 9.59 Å². The highest BCUT2D eigenvalue weighted by molar-refractivity contribution is 5.79.